The molecule has 0 amide bonds. The Bertz CT molecular complexity index is 242. The molecule has 1 fully saturated rings. The van der Waals surface area contributed by atoms with Gasteiger partial charge in [0.1, 0.15) is 0 Å². The fraction of sp³-hybridized carbons (Fsp3) is 0.750. The first-order chi connectivity index (χ1) is 6.17. The van der Waals surface area contributed by atoms with Gasteiger partial charge in [-0.3, -0.25) is 4.99 Å². The lowest BCUT2D eigenvalue weighted by Gasteiger charge is -2.21. The van der Waals surface area contributed by atoms with Crippen LogP contribution < -0.4 is 0 Å². The summed E-state index contributed by atoms with van der Waals surface area (Å²) in [5, 5.41) is 0. The molecule has 0 aromatic carbocycles. The molecule has 0 unspecified atom stereocenters. The van der Waals surface area contributed by atoms with Gasteiger partial charge in [0.05, 0.1) is 0 Å². The second-order valence-corrected chi connectivity index (χ2v) is 4.98. The number of aliphatic imine (C=N–C) groups is 1. The van der Waals surface area contributed by atoms with Crippen molar-refractivity contribution in [2.24, 2.45) is 16.3 Å². The van der Waals surface area contributed by atoms with Crippen molar-refractivity contribution in [3.05, 3.63) is 11.8 Å². The number of nitrogens with zero attached hydrogens (tertiary/aromatic N) is 1. The summed E-state index contributed by atoms with van der Waals surface area (Å²) in [6.45, 7) is 4.46. The van der Waals surface area contributed by atoms with Crippen molar-refractivity contribution in [2.75, 3.05) is 0 Å². The summed E-state index contributed by atoms with van der Waals surface area (Å²) in [6.07, 6.45) is 11.4. The average molecular weight is 177 g/mol. The van der Waals surface area contributed by atoms with Crippen molar-refractivity contribution in [3.63, 3.8) is 0 Å². The van der Waals surface area contributed by atoms with Gasteiger partial charge >= 0.3 is 0 Å². The monoisotopic (exact) mass is 177 g/mol. The van der Waals surface area contributed by atoms with E-state index in [1.165, 1.54) is 37.8 Å². The van der Waals surface area contributed by atoms with E-state index >= 15 is 0 Å². The molecule has 1 nitrogen and oxygen atoms in total. The first-order valence-corrected chi connectivity index (χ1v) is 5.45. The van der Waals surface area contributed by atoms with E-state index in [1.54, 1.807) is 0 Å². The molecular weight excluding hydrogens is 158 g/mol. The topological polar surface area (TPSA) is 12.4 Å². The zero-order valence-corrected chi connectivity index (χ0v) is 8.71. The van der Waals surface area contributed by atoms with E-state index in [9.17, 15) is 0 Å². The summed E-state index contributed by atoms with van der Waals surface area (Å²) in [4.78, 5) is 4.55. The quantitative estimate of drug-likeness (QED) is 0.580. The van der Waals surface area contributed by atoms with Crippen molar-refractivity contribution >= 4 is 6.21 Å². The van der Waals surface area contributed by atoms with Gasteiger partial charge in [0.15, 0.2) is 0 Å². The Morgan fingerprint density at radius 3 is 2.46 bits per heavy atom. The molecule has 0 bridgehead atoms. The summed E-state index contributed by atoms with van der Waals surface area (Å²) in [6, 6.07) is 0. The molecule has 1 heteroatoms. The van der Waals surface area contributed by atoms with Gasteiger partial charge < -0.3 is 0 Å². The van der Waals surface area contributed by atoms with Gasteiger partial charge in [0.2, 0.25) is 0 Å². The smallest absolute Gasteiger partial charge is 0.0400 e. The minimum Gasteiger partial charge on any atom is -0.265 e. The first-order valence-electron chi connectivity index (χ1n) is 5.45. The van der Waals surface area contributed by atoms with Crippen LogP contribution in [0.15, 0.2) is 16.8 Å². The molecule has 2 rings (SSSR count). The summed E-state index contributed by atoms with van der Waals surface area (Å²) in [5.74, 6) is 0.770. The lowest BCUT2D eigenvalue weighted by molar-refractivity contribution is 0.400. The Morgan fingerprint density at radius 2 is 1.92 bits per heavy atom. The Morgan fingerprint density at radius 1 is 1.23 bits per heavy atom. The lowest BCUT2D eigenvalue weighted by atomic mass is 9.85. The van der Waals surface area contributed by atoms with Crippen molar-refractivity contribution in [2.45, 2.75) is 46.0 Å². The van der Waals surface area contributed by atoms with E-state index in [4.69, 9.17) is 0 Å². The van der Waals surface area contributed by atoms with Crippen LogP contribution in [0.2, 0.25) is 0 Å². The third-order valence-electron chi connectivity index (χ3n) is 3.09. The second kappa shape index (κ2) is 3.28. The third-order valence-corrected chi connectivity index (χ3v) is 3.09. The SMILES string of the molecule is CC1(C)C=NC(C2CCCCC2)=C1. The molecule has 1 saturated carbocycles. The zero-order valence-electron chi connectivity index (χ0n) is 8.71. The van der Waals surface area contributed by atoms with Gasteiger partial charge in [-0.15, -0.1) is 0 Å². The molecule has 13 heavy (non-hydrogen) atoms. The summed E-state index contributed by atoms with van der Waals surface area (Å²) in [5.41, 5.74) is 1.58. The predicted molar refractivity (Wildman–Crippen MR) is 56.9 cm³/mol. The maximum atomic E-state index is 4.55. The first kappa shape index (κ1) is 8.98. The fourth-order valence-electron chi connectivity index (χ4n) is 2.32. The van der Waals surface area contributed by atoms with Crippen LogP contribution in [0, 0.1) is 11.3 Å². The standard InChI is InChI=1S/C12H19N/c1-12(2)8-11(13-9-12)10-6-4-3-5-7-10/h8-10H,3-7H2,1-2H3. The van der Waals surface area contributed by atoms with Crippen LogP contribution >= 0.6 is 0 Å². The Labute approximate surface area is 80.9 Å². The fourth-order valence-corrected chi connectivity index (χ4v) is 2.32. The minimum atomic E-state index is 0.215. The van der Waals surface area contributed by atoms with Crippen LogP contribution in [0.4, 0.5) is 0 Å². The van der Waals surface area contributed by atoms with E-state index in [1.807, 2.05) is 0 Å². The molecule has 0 radical (unpaired) electrons. The molecule has 0 atom stereocenters. The van der Waals surface area contributed by atoms with Crippen molar-refractivity contribution in [1.29, 1.82) is 0 Å². The number of hydrogen-bond acceptors (Lipinski definition) is 1. The molecule has 0 aromatic heterocycles. The van der Waals surface area contributed by atoms with E-state index in [0.29, 0.717) is 0 Å². The molecular formula is C12H19N. The largest absolute Gasteiger partial charge is 0.265 e. The predicted octanol–water partition coefficient (Wildman–Crippen LogP) is 3.56. The highest BCUT2D eigenvalue weighted by atomic mass is 14.8. The van der Waals surface area contributed by atoms with Crippen LogP contribution in [-0.4, -0.2) is 6.21 Å². The highest BCUT2D eigenvalue weighted by molar-refractivity contribution is 5.72. The molecule has 72 valence electrons. The summed E-state index contributed by atoms with van der Waals surface area (Å²) < 4.78 is 0. The number of allylic oxidation sites excluding steroid dienone is 2. The van der Waals surface area contributed by atoms with Gasteiger partial charge in [-0.25, -0.2) is 0 Å². The van der Waals surface area contributed by atoms with Gasteiger partial charge in [-0.1, -0.05) is 39.2 Å². The normalized spacial score (nSPS) is 27.7. The lowest BCUT2D eigenvalue weighted by Crippen LogP contribution is -2.08. The maximum Gasteiger partial charge on any atom is 0.0400 e. The Balaban J connectivity index is 2.05. The van der Waals surface area contributed by atoms with Crippen LogP contribution in [0.25, 0.3) is 0 Å². The summed E-state index contributed by atoms with van der Waals surface area (Å²) >= 11 is 0. The van der Waals surface area contributed by atoms with Gasteiger partial charge in [-0.2, -0.15) is 0 Å². The Hall–Kier alpha value is -0.590. The summed E-state index contributed by atoms with van der Waals surface area (Å²) in [7, 11) is 0. The molecule has 1 aliphatic heterocycles. The van der Waals surface area contributed by atoms with Crippen LogP contribution in [0.3, 0.4) is 0 Å². The van der Waals surface area contributed by atoms with Gasteiger partial charge in [0.25, 0.3) is 0 Å². The molecule has 1 heterocycles. The molecule has 0 N–H and O–H groups in total. The second-order valence-electron chi connectivity index (χ2n) is 4.98. The molecule has 2 aliphatic rings. The highest BCUT2D eigenvalue weighted by Crippen LogP contribution is 2.35. The molecule has 1 aliphatic carbocycles. The van der Waals surface area contributed by atoms with E-state index in [2.05, 4.69) is 31.1 Å². The van der Waals surface area contributed by atoms with Crippen molar-refractivity contribution in [1.82, 2.24) is 0 Å². The van der Waals surface area contributed by atoms with Gasteiger partial charge in [-0.05, 0) is 12.8 Å². The van der Waals surface area contributed by atoms with Crippen LogP contribution in [0.1, 0.15) is 46.0 Å². The van der Waals surface area contributed by atoms with Crippen molar-refractivity contribution < 1.29 is 0 Å². The number of rotatable bonds is 1. The molecule has 0 saturated heterocycles. The number of hydrogen-bond donors (Lipinski definition) is 0. The van der Waals surface area contributed by atoms with Gasteiger partial charge in [0, 0.05) is 23.2 Å². The van der Waals surface area contributed by atoms with Crippen LogP contribution in [-0.2, 0) is 0 Å². The van der Waals surface area contributed by atoms with E-state index in [0.717, 1.165) is 5.92 Å². The average Bonchev–Trinajstić information content (AvgIpc) is 2.48. The van der Waals surface area contributed by atoms with E-state index in [-0.39, 0.29) is 5.41 Å². The maximum absolute atomic E-state index is 4.55. The van der Waals surface area contributed by atoms with E-state index < -0.39 is 0 Å². The zero-order chi connectivity index (χ0) is 9.31. The highest BCUT2D eigenvalue weighted by Gasteiger charge is 2.24. The van der Waals surface area contributed by atoms with Crippen LogP contribution in [0.5, 0.6) is 0 Å². The molecule has 0 spiro atoms. The third kappa shape index (κ3) is 2.01. The Kier molecular flexibility index (Phi) is 2.27. The molecule has 0 aromatic rings. The van der Waals surface area contributed by atoms with Crippen molar-refractivity contribution in [3.8, 4) is 0 Å². The minimum absolute atomic E-state index is 0.215.